The fraction of sp³-hybridized carbons (Fsp3) is 0.257. The van der Waals surface area contributed by atoms with Crippen molar-refractivity contribution in [1.29, 1.82) is 0 Å². The minimum Gasteiger partial charge on any atom is -0.354 e. The monoisotopic (exact) mass is 719 g/mol. The summed E-state index contributed by atoms with van der Waals surface area (Å²) in [5.41, 5.74) is -0.411. The smallest absolute Gasteiger partial charge is 0.354 e. The largest absolute Gasteiger partial charge is 0.417 e. The number of nitrogens with zero attached hydrogens (tertiary/aromatic N) is 2. The van der Waals surface area contributed by atoms with Gasteiger partial charge in [0.2, 0.25) is 11.8 Å². The summed E-state index contributed by atoms with van der Waals surface area (Å²) in [7, 11) is -4.61. The third-order valence-corrected chi connectivity index (χ3v) is 9.85. The summed E-state index contributed by atoms with van der Waals surface area (Å²) >= 11 is 12.1. The summed E-state index contributed by atoms with van der Waals surface area (Å²) < 4.78 is 70.5. The number of rotatable bonds is 14. The maximum absolute atomic E-state index is 14.5. The summed E-state index contributed by atoms with van der Waals surface area (Å²) in [4.78, 5) is 29.3. The van der Waals surface area contributed by atoms with E-state index in [0.29, 0.717) is 33.9 Å². The van der Waals surface area contributed by atoms with Gasteiger partial charge in [0.05, 0.1) is 21.2 Å². The Labute approximate surface area is 288 Å². The summed E-state index contributed by atoms with van der Waals surface area (Å²) in [5.74, 6) is -1.30. The lowest BCUT2D eigenvalue weighted by molar-refractivity contribution is -0.140. The zero-order chi connectivity index (χ0) is 34.9. The number of carbonyl (C=O) groups excluding carboxylic acids is 2. The molecule has 4 aromatic rings. The summed E-state index contributed by atoms with van der Waals surface area (Å²) in [5, 5.41) is 2.62. The number of anilines is 1. The lowest BCUT2D eigenvalue weighted by Crippen LogP contribution is -2.53. The van der Waals surface area contributed by atoms with Crippen LogP contribution in [-0.2, 0) is 38.8 Å². The average molecular weight is 721 g/mol. The molecule has 0 unspecified atom stereocenters. The van der Waals surface area contributed by atoms with Crippen molar-refractivity contribution in [2.24, 2.45) is 0 Å². The molecular weight excluding hydrogens is 686 g/mol. The zero-order valence-corrected chi connectivity index (χ0v) is 28.3. The highest BCUT2D eigenvalue weighted by molar-refractivity contribution is 7.92. The predicted molar refractivity (Wildman–Crippen MR) is 181 cm³/mol. The van der Waals surface area contributed by atoms with Crippen LogP contribution in [0.3, 0.4) is 0 Å². The van der Waals surface area contributed by atoms with Crippen molar-refractivity contribution in [3.63, 3.8) is 0 Å². The minimum atomic E-state index is -4.91. The molecule has 0 heterocycles. The molecule has 1 atom stereocenters. The molecule has 48 heavy (non-hydrogen) atoms. The van der Waals surface area contributed by atoms with Gasteiger partial charge in [0.1, 0.15) is 12.6 Å². The Balaban J connectivity index is 1.84. The Morgan fingerprint density at radius 2 is 1.50 bits per heavy atom. The van der Waals surface area contributed by atoms with Crippen molar-refractivity contribution in [3.8, 4) is 0 Å². The molecule has 4 aromatic carbocycles. The molecule has 0 aliphatic rings. The quantitative estimate of drug-likeness (QED) is 0.135. The first kappa shape index (κ1) is 36.8. The molecule has 0 saturated carbocycles. The van der Waals surface area contributed by atoms with Crippen LogP contribution in [0.25, 0.3) is 0 Å². The number of hydrogen-bond donors (Lipinski definition) is 1. The zero-order valence-electron chi connectivity index (χ0n) is 26.0. The summed E-state index contributed by atoms with van der Waals surface area (Å²) in [6.07, 6.45) is -3.33. The van der Waals surface area contributed by atoms with Gasteiger partial charge >= 0.3 is 6.18 Å². The molecule has 7 nitrogen and oxygen atoms in total. The molecule has 0 saturated heterocycles. The molecule has 254 valence electrons. The lowest BCUT2D eigenvalue weighted by atomic mass is 10.0. The van der Waals surface area contributed by atoms with Gasteiger partial charge in [-0.05, 0) is 60.0 Å². The number of sulfonamides is 1. The van der Waals surface area contributed by atoms with Crippen LogP contribution in [0.15, 0.2) is 108 Å². The first-order chi connectivity index (χ1) is 22.8. The molecule has 4 rings (SSSR count). The van der Waals surface area contributed by atoms with Gasteiger partial charge in [-0.2, -0.15) is 13.2 Å². The molecule has 0 spiro atoms. The Bertz CT molecular complexity index is 1810. The van der Waals surface area contributed by atoms with E-state index in [0.717, 1.165) is 24.1 Å². The molecule has 0 radical (unpaired) electrons. The molecule has 0 aliphatic carbocycles. The van der Waals surface area contributed by atoms with Crippen LogP contribution in [0.2, 0.25) is 10.0 Å². The maximum atomic E-state index is 14.5. The highest BCUT2D eigenvalue weighted by atomic mass is 35.5. The molecule has 0 fully saturated rings. The van der Waals surface area contributed by atoms with Crippen molar-refractivity contribution < 1.29 is 31.2 Å². The second-order valence-electron chi connectivity index (χ2n) is 11.0. The fourth-order valence-electron chi connectivity index (χ4n) is 5.03. The third kappa shape index (κ3) is 9.52. The van der Waals surface area contributed by atoms with Crippen molar-refractivity contribution in [2.45, 2.75) is 49.8 Å². The van der Waals surface area contributed by atoms with Gasteiger partial charge < -0.3 is 10.2 Å². The first-order valence-electron chi connectivity index (χ1n) is 15.1. The van der Waals surface area contributed by atoms with Gasteiger partial charge in [0, 0.05) is 24.5 Å². The number of unbranched alkanes of at least 4 members (excludes halogenated alkanes) is 1. The van der Waals surface area contributed by atoms with Crippen molar-refractivity contribution in [2.75, 3.05) is 17.4 Å². The van der Waals surface area contributed by atoms with Gasteiger partial charge in [0.15, 0.2) is 0 Å². The topological polar surface area (TPSA) is 86.8 Å². The molecule has 0 aliphatic heterocycles. The van der Waals surface area contributed by atoms with E-state index in [9.17, 15) is 31.2 Å². The Morgan fingerprint density at radius 1 is 0.854 bits per heavy atom. The number of nitrogens with one attached hydrogen (secondary N) is 1. The fourth-order valence-corrected chi connectivity index (χ4v) is 6.89. The van der Waals surface area contributed by atoms with E-state index in [2.05, 4.69) is 5.32 Å². The number of halogens is 5. The van der Waals surface area contributed by atoms with Gasteiger partial charge in [-0.15, -0.1) is 0 Å². The number of amides is 2. The Morgan fingerprint density at radius 3 is 2.12 bits per heavy atom. The van der Waals surface area contributed by atoms with E-state index < -0.39 is 56.9 Å². The van der Waals surface area contributed by atoms with Crippen molar-refractivity contribution in [1.82, 2.24) is 10.2 Å². The van der Waals surface area contributed by atoms with Crippen LogP contribution in [0.1, 0.15) is 36.5 Å². The summed E-state index contributed by atoms with van der Waals surface area (Å²) in [6.45, 7) is 1.24. The van der Waals surface area contributed by atoms with Crippen molar-refractivity contribution >= 4 is 50.7 Å². The van der Waals surface area contributed by atoms with Gasteiger partial charge in [0.25, 0.3) is 10.0 Å². The van der Waals surface area contributed by atoms with E-state index in [-0.39, 0.29) is 17.9 Å². The van der Waals surface area contributed by atoms with E-state index in [1.165, 1.54) is 29.2 Å². The van der Waals surface area contributed by atoms with Crippen LogP contribution < -0.4 is 9.62 Å². The SMILES string of the molecule is CCCCNC(=O)[C@H](Cc1ccccc1)N(Cc1cccc(Cl)c1)C(=O)CN(c1ccc(Cl)c(C(F)(F)F)c1)S(=O)(=O)c1ccccc1. The van der Waals surface area contributed by atoms with E-state index in [4.69, 9.17) is 23.2 Å². The molecular formula is C35H34Cl2F3N3O4S. The van der Waals surface area contributed by atoms with Crippen LogP contribution in [-0.4, -0.2) is 44.3 Å². The molecule has 1 N–H and O–H groups in total. The number of benzene rings is 4. The van der Waals surface area contributed by atoms with Gasteiger partial charge in [-0.25, -0.2) is 8.42 Å². The summed E-state index contributed by atoms with van der Waals surface area (Å²) in [6, 6.07) is 24.2. The second kappa shape index (κ2) is 16.4. The maximum Gasteiger partial charge on any atom is 0.417 e. The van der Waals surface area contributed by atoms with E-state index in [1.54, 1.807) is 54.6 Å². The third-order valence-electron chi connectivity index (χ3n) is 7.50. The highest BCUT2D eigenvalue weighted by Crippen LogP contribution is 2.38. The number of alkyl halides is 3. The molecule has 0 bridgehead atoms. The van der Waals surface area contributed by atoms with Gasteiger partial charge in [-0.1, -0.05) is 97.2 Å². The standard InChI is InChI=1S/C35H34Cl2F3N3O4S/c1-2-3-19-41-34(45)32(21-25-11-6-4-7-12-25)42(23-26-13-10-14-27(36)20-26)33(44)24-43(48(46,47)29-15-8-5-9-16-29)28-17-18-31(37)30(22-28)35(38,39)40/h4-18,20,22,32H,2-3,19,21,23-24H2,1H3,(H,41,45)/t32-/m0/s1. The van der Waals surface area contributed by atoms with Crippen LogP contribution >= 0.6 is 23.2 Å². The Hall–Kier alpha value is -4.06. The van der Waals surface area contributed by atoms with E-state index in [1.807, 2.05) is 13.0 Å². The predicted octanol–water partition coefficient (Wildman–Crippen LogP) is 7.76. The number of hydrogen-bond acceptors (Lipinski definition) is 4. The van der Waals surface area contributed by atoms with Gasteiger partial charge in [-0.3, -0.25) is 13.9 Å². The average Bonchev–Trinajstić information content (AvgIpc) is 3.06. The molecule has 13 heteroatoms. The normalized spacial score (nSPS) is 12.3. The first-order valence-corrected chi connectivity index (χ1v) is 17.3. The molecule has 0 aromatic heterocycles. The van der Waals surface area contributed by atoms with Crippen LogP contribution in [0, 0.1) is 0 Å². The molecule has 2 amide bonds. The van der Waals surface area contributed by atoms with Crippen LogP contribution in [0.4, 0.5) is 18.9 Å². The lowest BCUT2D eigenvalue weighted by Gasteiger charge is -2.34. The van der Waals surface area contributed by atoms with Crippen LogP contribution in [0.5, 0.6) is 0 Å². The second-order valence-corrected chi connectivity index (χ2v) is 13.7. The highest BCUT2D eigenvalue weighted by Gasteiger charge is 2.37. The van der Waals surface area contributed by atoms with Crippen molar-refractivity contribution in [3.05, 3.63) is 130 Å². The number of carbonyl (C=O) groups is 2. The minimum absolute atomic E-state index is 0.0791. The van der Waals surface area contributed by atoms with E-state index >= 15 is 0 Å². The Kier molecular flexibility index (Phi) is 12.5.